The van der Waals surface area contributed by atoms with Gasteiger partial charge in [-0.25, -0.2) is 9.18 Å². The van der Waals surface area contributed by atoms with E-state index in [2.05, 4.69) is 12.2 Å². The fraction of sp³-hybridized carbons (Fsp3) is 0.381. The first-order valence-corrected chi connectivity index (χ1v) is 10.1. The molecule has 1 aromatic heterocycles. The van der Waals surface area contributed by atoms with Gasteiger partial charge in [-0.05, 0) is 55.0 Å². The van der Waals surface area contributed by atoms with Crippen molar-refractivity contribution in [3.63, 3.8) is 0 Å². The van der Waals surface area contributed by atoms with E-state index in [1.807, 2.05) is 6.07 Å². The number of rotatable bonds is 6. The van der Waals surface area contributed by atoms with Gasteiger partial charge >= 0.3 is 5.97 Å². The van der Waals surface area contributed by atoms with Gasteiger partial charge in [0, 0.05) is 17.5 Å². The molecule has 0 aliphatic heterocycles. The zero-order valence-corrected chi connectivity index (χ0v) is 16.7. The minimum atomic E-state index is -0.774. The third-order valence-electron chi connectivity index (χ3n) is 4.89. The van der Waals surface area contributed by atoms with Gasteiger partial charge < -0.3 is 10.1 Å². The molecule has 3 rings (SSSR count). The number of thiophene rings is 1. The molecule has 0 spiro atoms. The van der Waals surface area contributed by atoms with Crippen LogP contribution in [0.3, 0.4) is 0 Å². The lowest BCUT2D eigenvalue weighted by Crippen LogP contribution is -2.15. The van der Waals surface area contributed by atoms with Crippen molar-refractivity contribution in [1.82, 2.24) is 0 Å². The van der Waals surface area contributed by atoms with Crippen molar-refractivity contribution < 1.29 is 23.5 Å². The second-order valence-corrected chi connectivity index (χ2v) is 8.09. The maximum Gasteiger partial charge on any atom is 0.348 e. The Balaban J connectivity index is 1.61. The molecule has 28 heavy (non-hydrogen) atoms. The first-order valence-electron chi connectivity index (χ1n) is 9.26. The van der Waals surface area contributed by atoms with Gasteiger partial charge in [0.25, 0.3) is 0 Å². The summed E-state index contributed by atoms with van der Waals surface area (Å²) in [7, 11) is 0. The van der Waals surface area contributed by atoms with Crippen LogP contribution in [0.1, 0.15) is 57.2 Å². The molecule has 5 nitrogen and oxygen atoms in total. The molecule has 1 atom stereocenters. The number of benzene rings is 1. The lowest BCUT2D eigenvalue weighted by molar-refractivity contribution is -0.114. The highest BCUT2D eigenvalue weighted by atomic mass is 32.1. The second-order valence-electron chi connectivity index (χ2n) is 6.95. The van der Waals surface area contributed by atoms with Crippen molar-refractivity contribution in [3.05, 3.63) is 51.0 Å². The number of halogens is 1. The zero-order valence-electron chi connectivity index (χ0n) is 15.8. The second kappa shape index (κ2) is 8.65. The largest absolute Gasteiger partial charge is 0.453 e. The SMILES string of the molecule is CC[C@H]1CCc2sc(C(=O)OCC(=O)c3ccc(NC(C)=O)cc3F)cc2C1. The Kier molecular flexibility index (Phi) is 6.24. The summed E-state index contributed by atoms with van der Waals surface area (Å²) in [6.07, 6.45) is 4.19. The third kappa shape index (κ3) is 4.65. The molecule has 1 aliphatic rings. The lowest BCUT2D eigenvalue weighted by Gasteiger charge is -2.19. The number of hydrogen-bond acceptors (Lipinski definition) is 5. The van der Waals surface area contributed by atoms with Crippen LogP contribution < -0.4 is 5.32 Å². The van der Waals surface area contributed by atoms with E-state index in [4.69, 9.17) is 4.74 Å². The molecule has 0 bridgehead atoms. The highest BCUT2D eigenvalue weighted by Crippen LogP contribution is 2.33. The molecule has 1 aliphatic carbocycles. The highest BCUT2D eigenvalue weighted by molar-refractivity contribution is 7.14. The molecule has 0 radical (unpaired) electrons. The Labute approximate surface area is 166 Å². The van der Waals surface area contributed by atoms with Crippen molar-refractivity contribution in [3.8, 4) is 0 Å². The van der Waals surface area contributed by atoms with Crippen LogP contribution in [0.5, 0.6) is 0 Å². The van der Waals surface area contributed by atoms with Gasteiger partial charge in [0.2, 0.25) is 11.7 Å². The van der Waals surface area contributed by atoms with E-state index in [1.54, 1.807) is 0 Å². The standard InChI is InChI=1S/C21H22FNO4S/c1-3-13-4-7-19-14(8-13)9-20(28-19)21(26)27-11-18(25)16-6-5-15(10-17(16)22)23-12(2)24/h5-6,9-10,13H,3-4,7-8,11H2,1-2H3,(H,23,24)/t13-/m0/s1. The summed E-state index contributed by atoms with van der Waals surface area (Å²) in [5.74, 6) is -1.65. The molecule has 7 heteroatoms. The number of amides is 1. The molecule has 0 saturated carbocycles. The number of fused-ring (bicyclic) bond motifs is 1. The summed E-state index contributed by atoms with van der Waals surface area (Å²) in [6.45, 7) is 2.95. The quantitative estimate of drug-likeness (QED) is 0.573. The molecule has 0 fully saturated rings. The Bertz CT molecular complexity index is 921. The van der Waals surface area contributed by atoms with Crippen LogP contribution >= 0.6 is 11.3 Å². The summed E-state index contributed by atoms with van der Waals surface area (Å²) in [6, 6.07) is 5.62. The number of aryl methyl sites for hydroxylation is 1. The molecule has 148 valence electrons. The molecule has 2 aromatic rings. The molecular formula is C21H22FNO4S. The van der Waals surface area contributed by atoms with Gasteiger partial charge in [-0.2, -0.15) is 0 Å². The fourth-order valence-electron chi connectivity index (χ4n) is 3.35. The lowest BCUT2D eigenvalue weighted by atomic mass is 9.87. The first kappa shape index (κ1) is 20.2. The average Bonchev–Trinajstić information content (AvgIpc) is 3.08. The Hall–Kier alpha value is -2.54. The molecule has 1 amide bonds. The van der Waals surface area contributed by atoms with Crippen LogP contribution in [0.4, 0.5) is 10.1 Å². The van der Waals surface area contributed by atoms with Crippen molar-refractivity contribution in [2.24, 2.45) is 5.92 Å². The van der Waals surface area contributed by atoms with Crippen LogP contribution in [-0.4, -0.2) is 24.3 Å². The van der Waals surface area contributed by atoms with Crippen LogP contribution in [0.2, 0.25) is 0 Å². The Morgan fingerprint density at radius 1 is 1.29 bits per heavy atom. The number of esters is 1. The predicted molar refractivity (Wildman–Crippen MR) is 105 cm³/mol. The van der Waals surface area contributed by atoms with Crippen LogP contribution in [0, 0.1) is 11.7 Å². The normalized spacial score (nSPS) is 15.6. The van der Waals surface area contributed by atoms with Crippen molar-refractivity contribution in [1.29, 1.82) is 0 Å². The Morgan fingerprint density at radius 3 is 2.75 bits per heavy atom. The van der Waals surface area contributed by atoms with Gasteiger partial charge in [-0.15, -0.1) is 11.3 Å². The number of carbonyl (C=O) groups is 3. The molecule has 0 unspecified atom stereocenters. The topological polar surface area (TPSA) is 72.5 Å². The van der Waals surface area contributed by atoms with E-state index in [-0.39, 0.29) is 17.2 Å². The van der Waals surface area contributed by atoms with Gasteiger partial charge in [-0.1, -0.05) is 13.3 Å². The van der Waals surface area contributed by atoms with E-state index in [0.29, 0.717) is 10.8 Å². The van der Waals surface area contributed by atoms with Crippen LogP contribution in [0.25, 0.3) is 0 Å². The highest BCUT2D eigenvalue weighted by Gasteiger charge is 2.23. The number of ether oxygens (including phenoxy) is 1. The maximum absolute atomic E-state index is 14.1. The summed E-state index contributed by atoms with van der Waals surface area (Å²) < 4.78 is 19.2. The van der Waals surface area contributed by atoms with Crippen molar-refractivity contribution in [2.75, 3.05) is 11.9 Å². The van der Waals surface area contributed by atoms with Crippen molar-refractivity contribution in [2.45, 2.75) is 39.5 Å². The first-order chi connectivity index (χ1) is 13.4. The summed E-state index contributed by atoms with van der Waals surface area (Å²) in [4.78, 5) is 37.2. The fourth-order valence-corrected chi connectivity index (χ4v) is 4.45. The van der Waals surface area contributed by atoms with Gasteiger partial charge in [-0.3, -0.25) is 9.59 Å². The van der Waals surface area contributed by atoms with Crippen molar-refractivity contribution >= 4 is 34.7 Å². The zero-order chi connectivity index (χ0) is 20.3. The average molecular weight is 403 g/mol. The van der Waals surface area contributed by atoms with E-state index in [0.717, 1.165) is 31.7 Å². The smallest absolute Gasteiger partial charge is 0.348 e. The molecular weight excluding hydrogens is 381 g/mol. The van der Waals surface area contributed by atoms with Crippen LogP contribution in [-0.2, 0) is 22.4 Å². The molecule has 1 N–H and O–H groups in total. The number of carbonyl (C=O) groups excluding carboxylic acids is 3. The minimum Gasteiger partial charge on any atom is -0.453 e. The molecule has 0 saturated heterocycles. The number of ketones is 1. The molecule has 1 heterocycles. The van der Waals surface area contributed by atoms with Crippen LogP contribution in [0.15, 0.2) is 24.3 Å². The summed E-state index contributed by atoms with van der Waals surface area (Å²) >= 11 is 1.41. The van der Waals surface area contributed by atoms with E-state index in [9.17, 15) is 18.8 Å². The number of Topliss-reactive ketones (excluding diaryl/α,β-unsaturated/α-hetero) is 1. The number of hydrogen-bond donors (Lipinski definition) is 1. The maximum atomic E-state index is 14.1. The van der Waals surface area contributed by atoms with Gasteiger partial charge in [0.15, 0.2) is 6.61 Å². The van der Waals surface area contributed by atoms with E-state index >= 15 is 0 Å². The number of nitrogens with one attached hydrogen (secondary N) is 1. The molecule has 1 aromatic carbocycles. The Morgan fingerprint density at radius 2 is 2.07 bits per heavy atom. The monoisotopic (exact) mass is 403 g/mol. The minimum absolute atomic E-state index is 0.182. The third-order valence-corrected chi connectivity index (χ3v) is 6.10. The van der Waals surface area contributed by atoms with Gasteiger partial charge in [0.1, 0.15) is 10.7 Å². The van der Waals surface area contributed by atoms with E-state index < -0.39 is 24.2 Å². The predicted octanol–water partition coefficient (Wildman–Crippen LogP) is 4.40. The van der Waals surface area contributed by atoms with Gasteiger partial charge in [0.05, 0.1) is 5.56 Å². The van der Waals surface area contributed by atoms with E-state index in [1.165, 1.54) is 40.8 Å². The summed E-state index contributed by atoms with van der Waals surface area (Å²) in [5.41, 5.74) is 1.27. The number of anilines is 1. The summed E-state index contributed by atoms with van der Waals surface area (Å²) in [5, 5.41) is 2.44.